The third kappa shape index (κ3) is 3.58. The van der Waals surface area contributed by atoms with E-state index in [-0.39, 0.29) is 0 Å². The fraction of sp³-hybridized carbons (Fsp3) is 1.00. The van der Waals surface area contributed by atoms with Crippen molar-refractivity contribution in [2.24, 2.45) is 5.92 Å². The van der Waals surface area contributed by atoms with E-state index in [0.717, 1.165) is 25.7 Å². The minimum atomic E-state index is -2.69. The summed E-state index contributed by atoms with van der Waals surface area (Å²) in [4.78, 5) is 0. The van der Waals surface area contributed by atoms with Gasteiger partial charge in [0.2, 0.25) is 0 Å². The molecule has 0 amide bonds. The highest BCUT2D eigenvalue weighted by molar-refractivity contribution is 7.91. The van der Waals surface area contributed by atoms with Crippen molar-refractivity contribution >= 4 is 9.84 Å². The van der Waals surface area contributed by atoms with Gasteiger partial charge in [-0.1, -0.05) is 13.3 Å². The van der Waals surface area contributed by atoms with Crippen molar-refractivity contribution in [3.8, 4) is 0 Å². The summed E-state index contributed by atoms with van der Waals surface area (Å²) in [5, 5.41) is 3.26. The Bertz CT molecular complexity index is 261. The average Bonchev–Trinajstić information content (AvgIpc) is 2.45. The zero-order valence-corrected chi connectivity index (χ0v) is 9.94. The summed E-state index contributed by atoms with van der Waals surface area (Å²) >= 11 is 0. The van der Waals surface area contributed by atoms with Gasteiger partial charge in [0.1, 0.15) is 0 Å². The van der Waals surface area contributed by atoms with E-state index >= 15 is 0 Å². The molecule has 0 aromatic rings. The number of hydrogen-bond acceptors (Lipinski definition) is 3. The van der Waals surface area contributed by atoms with Crippen LogP contribution in [-0.4, -0.2) is 33.0 Å². The molecule has 0 saturated carbocycles. The first-order valence-corrected chi connectivity index (χ1v) is 7.27. The average molecular weight is 219 g/mol. The highest BCUT2D eigenvalue weighted by Crippen LogP contribution is 2.23. The molecule has 0 radical (unpaired) electrons. The second kappa shape index (κ2) is 5.12. The first kappa shape index (κ1) is 12.0. The normalized spacial score (nSPS) is 27.7. The van der Waals surface area contributed by atoms with Gasteiger partial charge in [0.25, 0.3) is 0 Å². The van der Waals surface area contributed by atoms with Gasteiger partial charge in [-0.25, -0.2) is 8.42 Å². The molecule has 0 spiro atoms. The third-order valence-electron chi connectivity index (χ3n) is 2.99. The summed E-state index contributed by atoms with van der Waals surface area (Å²) in [6.45, 7) is 2.16. The molecule has 0 aromatic heterocycles. The molecule has 4 heteroatoms. The van der Waals surface area contributed by atoms with Gasteiger partial charge in [-0.2, -0.15) is 0 Å². The van der Waals surface area contributed by atoms with E-state index in [0.29, 0.717) is 23.5 Å². The van der Waals surface area contributed by atoms with Crippen LogP contribution in [-0.2, 0) is 9.84 Å². The van der Waals surface area contributed by atoms with Gasteiger partial charge < -0.3 is 5.32 Å². The lowest BCUT2D eigenvalue weighted by atomic mass is 9.97. The maximum Gasteiger partial charge on any atom is 0.150 e. The highest BCUT2D eigenvalue weighted by atomic mass is 32.2. The van der Waals surface area contributed by atoms with Crippen LogP contribution in [0.4, 0.5) is 0 Å². The van der Waals surface area contributed by atoms with Crippen LogP contribution in [0.25, 0.3) is 0 Å². The molecular formula is C10H21NO2S. The second-order valence-corrected chi connectivity index (χ2v) is 6.51. The molecule has 0 aliphatic carbocycles. The fourth-order valence-corrected chi connectivity index (χ4v) is 4.07. The SMILES string of the molecule is CCCC(CC1CCS(=O)(=O)C1)NC. The molecule has 0 aromatic carbocycles. The molecule has 3 nitrogen and oxygen atoms in total. The van der Waals surface area contributed by atoms with Gasteiger partial charge in [-0.15, -0.1) is 0 Å². The minimum absolute atomic E-state index is 0.393. The summed E-state index contributed by atoms with van der Waals surface area (Å²) < 4.78 is 22.5. The van der Waals surface area contributed by atoms with Gasteiger partial charge in [0, 0.05) is 6.04 Å². The molecule has 0 bridgehead atoms. The van der Waals surface area contributed by atoms with Crippen LogP contribution in [0.1, 0.15) is 32.6 Å². The molecule has 1 aliphatic rings. The highest BCUT2D eigenvalue weighted by Gasteiger charge is 2.29. The van der Waals surface area contributed by atoms with E-state index in [4.69, 9.17) is 0 Å². The van der Waals surface area contributed by atoms with Gasteiger partial charge in [0.15, 0.2) is 9.84 Å². The Morgan fingerprint density at radius 1 is 1.50 bits per heavy atom. The molecular weight excluding hydrogens is 198 g/mol. The monoisotopic (exact) mass is 219 g/mol. The van der Waals surface area contributed by atoms with Crippen molar-refractivity contribution in [3.63, 3.8) is 0 Å². The van der Waals surface area contributed by atoms with Crippen LogP contribution in [0.3, 0.4) is 0 Å². The summed E-state index contributed by atoms with van der Waals surface area (Å²) in [6, 6.07) is 0.498. The molecule has 2 atom stereocenters. The van der Waals surface area contributed by atoms with Crippen molar-refractivity contribution < 1.29 is 8.42 Å². The molecule has 1 heterocycles. The molecule has 1 aliphatic heterocycles. The lowest BCUT2D eigenvalue weighted by Gasteiger charge is -2.18. The fourth-order valence-electron chi connectivity index (χ4n) is 2.19. The Kier molecular flexibility index (Phi) is 4.38. The second-order valence-electron chi connectivity index (χ2n) is 4.28. The van der Waals surface area contributed by atoms with Crippen LogP contribution in [0.2, 0.25) is 0 Å². The summed E-state index contributed by atoms with van der Waals surface area (Å²) in [6.07, 6.45) is 4.19. The zero-order chi connectivity index (χ0) is 10.6. The van der Waals surface area contributed by atoms with Gasteiger partial charge >= 0.3 is 0 Å². The molecule has 14 heavy (non-hydrogen) atoms. The van der Waals surface area contributed by atoms with Crippen LogP contribution >= 0.6 is 0 Å². The van der Waals surface area contributed by atoms with Crippen molar-refractivity contribution in [1.29, 1.82) is 0 Å². The maximum absolute atomic E-state index is 11.2. The first-order valence-electron chi connectivity index (χ1n) is 5.45. The third-order valence-corrected chi connectivity index (χ3v) is 4.83. The Labute approximate surface area is 87.2 Å². The van der Waals surface area contributed by atoms with E-state index in [9.17, 15) is 8.42 Å². The van der Waals surface area contributed by atoms with E-state index in [1.807, 2.05) is 7.05 Å². The Hall–Kier alpha value is -0.0900. The van der Waals surface area contributed by atoms with Crippen molar-refractivity contribution in [3.05, 3.63) is 0 Å². The van der Waals surface area contributed by atoms with Crippen LogP contribution in [0, 0.1) is 5.92 Å². The molecule has 1 N–H and O–H groups in total. The van der Waals surface area contributed by atoms with Gasteiger partial charge in [-0.05, 0) is 32.2 Å². The number of rotatable bonds is 5. The van der Waals surface area contributed by atoms with Crippen LogP contribution in [0.5, 0.6) is 0 Å². The largest absolute Gasteiger partial charge is 0.317 e. The maximum atomic E-state index is 11.2. The molecule has 84 valence electrons. The quantitative estimate of drug-likeness (QED) is 0.756. The molecule has 1 saturated heterocycles. The van der Waals surface area contributed by atoms with E-state index in [1.165, 1.54) is 0 Å². The molecule has 2 unspecified atom stereocenters. The van der Waals surface area contributed by atoms with Crippen molar-refractivity contribution in [1.82, 2.24) is 5.32 Å². The van der Waals surface area contributed by atoms with E-state index < -0.39 is 9.84 Å². The van der Waals surface area contributed by atoms with E-state index in [2.05, 4.69) is 12.2 Å². The lowest BCUT2D eigenvalue weighted by molar-refractivity contribution is 0.404. The van der Waals surface area contributed by atoms with Crippen LogP contribution < -0.4 is 5.32 Å². The lowest BCUT2D eigenvalue weighted by Crippen LogP contribution is -2.28. The van der Waals surface area contributed by atoms with Gasteiger partial charge in [0.05, 0.1) is 11.5 Å². The van der Waals surface area contributed by atoms with E-state index in [1.54, 1.807) is 0 Å². The Balaban J connectivity index is 2.37. The standard InChI is InChI=1S/C10H21NO2S/c1-3-4-10(11-2)7-9-5-6-14(12,13)8-9/h9-11H,3-8H2,1-2H3. The molecule has 1 rings (SSSR count). The Morgan fingerprint density at radius 2 is 2.21 bits per heavy atom. The topological polar surface area (TPSA) is 46.2 Å². The number of sulfone groups is 1. The Morgan fingerprint density at radius 3 is 2.64 bits per heavy atom. The minimum Gasteiger partial charge on any atom is -0.317 e. The first-order chi connectivity index (χ1) is 6.57. The van der Waals surface area contributed by atoms with Crippen molar-refractivity contribution in [2.45, 2.75) is 38.6 Å². The molecule has 1 fully saturated rings. The van der Waals surface area contributed by atoms with Crippen molar-refractivity contribution in [2.75, 3.05) is 18.6 Å². The summed E-state index contributed by atoms with van der Waals surface area (Å²) in [5.74, 6) is 1.21. The smallest absolute Gasteiger partial charge is 0.150 e. The zero-order valence-electron chi connectivity index (χ0n) is 9.12. The van der Waals surface area contributed by atoms with Gasteiger partial charge in [-0.3, -0.25) is 0 Å². The summed E-state index contributed by atoms with van der Waals surface area (Å²) in [5.41, 5.74) is 0. The number of hydrogen-bond donors (Lipinski definition) is 1. The summed E-state index contributed by atoms with van der Waals surface area (Å²) in [7, 11) is -0.730. The number of nitrogens with one attached hydrogen (secondary N) is 1. The van der Waals surface area contributed by atoms with Crippen LogP contribution in [0.15, 0.2) is 0 Å². The predicted molar refractivity (Wildman–Crippen MR) is 59.1 cm³/mol. The predicted octanol–water partition coefficient (Wildman–Crippen LogP) is 1.20.